The van der Waals surface area contributed by atoms with Gasteiger partial charge in [-0.3, -0.25) is 9.59 Å². The molecular formula is C23H26F3NO4. The Hall–Kier alpha value is -2.87. The summed E-state index contributed by atoms with van der Waals surface area (Å²) in [6.45, 7) is 0.00712. The van der Waals surface area contributed by atoms with Gasteiger partial charge in [0.2, 0.25) is 0 Å². The highest BCUT2D eigenvalue weighted by Crippen LogP contribution is 2.29. The number of halogens is 3. The third-order valence-corrected chi connectivity index (χ3v) is 4.64. The Balaban J connectivity index is 1.94. The minimum atomic E-state index is -4.40. The van der Waals surface area contributed by atoms with Gasteiger partial charge in [0.1, 0.15) is 6.10 Å². The van der Waals surface area contributed by atoms with E-state index in [0.717, 1.165) is 12.1 Å². The molecule has 0 spiro atoms. The Morgan fingerprint density at radius 1 is 0.968 bits per heavy atom. The molecule has 1 atom stereocenters. The Bertz CT molecular complexity index is 823. The number of carbonyl (C=O) groups is 2. The lowest BCUT2D eigenvalue weighted by molar-refractivity contribution is -0.141. The first-order valence-corrected chi connectivity index (χ1v) is 10.00. The van der Waals surface area contributed by atoms with Crippen molar-refractivity contribution in [2.24, 2.45) is 0 Å². The van der Waals surface area contributed by atoms with Gasteiger partial charge in [-0.15, -0.1) is 0 Å². The number of anilines is 1. The highest BCUT2D eigenvalue weighted by atomic mass is 19.4. The molecule has 1 unspecified atom stereocenters. The molecule has 5 nitrogen and oxygen atoms in total. The number of carbonyl (C=O) groups excluding carboxylic acids is 2. The SMILES string of the molecule is COC(=O)CCCCCC(OCc1ccc(C(F)(F)F)cc1)C(=O)Nc1ccccc1. The summed E-state index contributed by atoms with van der Waals surface area (Å²) in [6, 6.07) is 13.6. The third-order valence-electron chi connectivity index (χ3n) is 4.64. The molecule has 0 aromatic heterocycles. The van der Waals surface area contributed by atoms with Gasteiger partial charge in [-0.1, -0.05) is 43.2 Å². The molecule has 0 aliphatic carbocycles. The molecule has 168 valence electrons. The number of hydrogen-bond acceptors (Lipinski definition) is 4. The number of benzene rings is 2. The number of amides is 1. The fraction of sp³-hybridized carbons (Fsp3) is 0.391. The predicted octanol–water partition coefficient (Wildman–Crippen LogP) is 5.35. The van der Waals surface area contributed by atoms with E-state index in [1.165, 1.54) is 19.2 Å². The maximum Gasteiger partial charge on any atom is 0.416 e. The molecule has 2 aromatic rings. The van der Waals surface area contributed by atoms with Gasteiger partial charge in [0.25, 0.3) is 5.91 Å². The molecule has 0 saturated carbocycles. The van der Waals surface area contributed by atoms with E-state index in [9.17, 15) is 22.8 Å². The van der Waals surface area contributed by atoms with Crippen molar-refractivity contribution in [3.05, 3.63) is 65.7 Å². The number of alkyl halides is 3. The summed E-state index contributed by atoms with van der Waals surface area (Å²) in [4.78, 5) is 23.9. The van der Waals surface area contributed by atoms with Crippen LogP contribution >= 0.6 is 0 Å². The van der Waals surface area contributed by atoms with Gasteiger partial charge >= 0.3 is 12.1 Å². The van der Waals surface area contributed by atoms with Crippen molar-refractivity contribution in [2.75, 3.05) is 12.4 Å². The van der Waals surface area contributed by atoms with Crippen molar-refractivity contribution < 1.29 is 32.2 Å². The standard InChI is InChI=1S/C23H26F3NO4/c1-30-21(28)11-7-3-6-10-20(22(29)27-19-8-4-2-5-9-19)31-16-17-12-14-18(15-13-17)23(24,25)26/h2,4-5,8-9,12-15,20H,3,6-7,10-11,16H2,1H3,(H,27,29). The molecule has 8 heteroatoms. The summed E-state index contributed by atoms with van der Waals surface area (Å²) in [7, 11) is 1.33. The zero-order chi connectivity index (χ0) is 22.7. The first-order valence-electron chi connectivity index (χ1n) is 10.00. The minimum absolute atomic E-state index is 0.00712. The number of unbranched alkanes of at least 4 members (excludes halogenated alkanes) is 2. The van der Waals surface area contributed by atoms with Crippen molar-refractivity contribution in [1.82, 2.24) is 0 Å². The molecule has 0 fully saturated rings. The quantitative estimate of drug-likeness (QED) is 0.380. The maximum absolute atomic E-state index is 12.7. The van der Waals surface area contributed by atoms with Crippen LogP contribution in [0, 0.1) is 0 Å². The molecule has 2 aromatic carbocycles. The van der Waals surface area contributed by atoms with E-state index < -0.39 is 17.8 Å². The zero-order valence-electron chi connectivity index (χ0n) is 17.3. The van der Waals surface area contributed by atoms with E-state index in [4.69, 9.17) is 4.74 Å². The molecule has 0 bridgehead atoms. The van der Waals surface area contributed by atoms with Crippen LogP contribution in [0.5, 0.6) is 0 Å². The van der Waals surface area contributed by atoms with Crippen molar-refractivity contribution >= 4 is 17.6 Å². The van der Waals surface area contributed by atoms with Crippen LogP contribution in [0.2, 0.25) is 0 Å². The zero-order valence-corrected chi connectivity index (χ0v) is 17.3. The molecule has 0 aliphatic rings. The molecule has 0 radical (unpaired) electrons. The number of esters is 1. The van der Waals surface area contributed by atoms with Gasteiger partial charge in [0.05, 0.1) is 19.3 Å². The van der Waals surface area contributed by atoms with Gasteiger partial charge in [0, 0.05) is 12.1 Å². The molecule has 31 heavy (non-hydrogen) atoms. The molecule has 0 heterocycles. The fourth-order valence-electron chi connectivity index (χ4n) is 2.90. The second-order valence-electron chi connectivity index (χ2n) is 7.03. The third kappa shape index (κ3) is 8.80. The molecular weight excluding hydrogens is 411 g/mol. The maximum atomic E-state index is 12.7. The Morgan fingerprint density at radius 2 is 1.65 bits per heavy atom. The smallest absolute Gasteiger partial charge is 0.416 e. The molecule has 2 rings (SSSR count). The van der Waals surface area contributed by atoms with E-state index in [2.05, 4.69) is 10.1 Å². The van der Waals surface area contributed by atoms with Crippen molar-refractivity contribution in [2.45, 2.75) is 51.0 Å². The van der Waals surface area contributed by atoms with Crippen LogP contribution in [0.15, 0.2) is 54.6 Å². The largest absolute Gasteiger partial charge is 0.469 e. The average molecular weight is 437 g/mol. The number of para-hydroxylation sites is 1. The van der Waals surface area contributed by atoms with Crippen LogP contribution in [0.3, 0.4) is 0 Å². The summed E-state index contributed by atoms with van der Waals surface area (Å²) in [6.07, 6.45) is -2.45. The van der Waals surface area contributed by atoms with E-state index >= 15 is 0 Å². The monoisotopic (exact) mass is 437 g/mol. The summed E-state index contributed by atoms with van der Waals surface area (Å²) in [5.74, 6) is -0.608. The van der Waals surface area contributed by atoms with Crippen LogP contribution < -0.4 is 5.32 Å². The van der Waals surface area contributed by atoms with Crippen LogP contribution in [-0.2, 0) is 31.8 Å². The minimum Gasteiger partial charge on any atom is -0.469 e. The van der Waals surface area contributed by atoms with Gasteiger partial charge in [-0.05, 0) is 42.7 Å². The van der Waals surface area contributed by atoms with E-state index in [-0.39, 0.29) is 18.5 Å². The van der Waals surface area contributed by atoms with E-state index in [1.807, 2.05) is 6.07 Å². The van der Waals surface area contributed by atoms with Crippen molar-refractivity contribution in [3.8, 4) is 0 Å². The first kappa shape index (κ1) is 24.4. The van der Waals surface area contributed by atoms with E-state index in [0.29, 0.717) is 43.4 Å². The van der Waals surface area contributed by atoms with Crippen LogP contribution in [0.1, 0.15) is 43.2 Å². The van der Waals surface area contributed by atoms with Crippen LogP contribution in [0.4, 0.5) is 18.9 Å². The Kier molecular flexibility index (Phi) is 9.52. The lowest BCUT2D eigenvalue weighted by Crippen LogP contribution is -2.30. The number of ether oxygens (including phenoxy) is 2. The van der Waals surface area contributed by atoms with Gasteiger partial charge < -0.3 is 14.8 Å². The second-order valence-corrected chi connectivity index (χ2v) is 7.03. The number of nitrogens with one attached hydrogen (secondary N) is 1. The first-order chi connectivity index (χ1) is 14.8. The lowest BCUT2D eigenvalue weighted by atomic mass is 10.1. The van der Waals surface area contributed by atoms with Gasteiger partial charge in [-0.25, -0.2) is 0 Å². The Labute approximate surface area is 179 Å². The van der Waals surface area contributed by atoms with Crippen molar-refractivity contribution in [3.63, 3.8) is 0 Å². The second kappa shape index (κ2) is 12.1. The number of hydrogen-bond donors (Lipinski definition) is 1. The van der Waals surface area contributed by atoms with Gasteiger partial charge in [-0.2, -0.15) is 13.2 Å². The number of rotatable bonds is 11. The fourth-order valence-corrected chi connectivity index (χ4v) is 2.90. The molecule has 0 aliphatic heterocycles. The summed E-state index contributed by atoms with van der Waals surface area (Å²) < 4.78 is 48.5. The van der Waals surface area contributed by atoms with Gasteiger partial charge in [0.15, 0.2) is 0 Å². The normalized spacial score (nSPS) is 12.3. The molecule has 1 N–H and O–H groups in total. The van der Waals surface area contributed by atoms with Crippen molar-refractivity contribution in [1.29, 1.82) is 0 Å². The molecule has 0 saturated heterocycles. The topological polar surface area (TPSA) is 64.6 Å². The number of methoxy groups -OCH3 is 1. The Morgan fingerprint density at radius 3 is 2.26 bits per heavy atom. The average Bonchev–Trinajstić information content (AvgIpc) is 2.75. The summed E-state index contributed by atoms with van der Waals surface area (Å²) in [5.41, 5.74) is 0.428. The van der Waals surface area contributed by atoms with Crippen LogP contribution in [-0.4, -0.2) is 25.1 Å². The molecule has 1 amide bonds. The summed E-state index contributed by atoms with van der Waals surface area (Å²) >= 11 is 0. The summed E-state index contributed by atoms with van der Waals surface area (Å²) in [5, 5.41) is 2.79. The highest BCUT2D eigenvalue weighted by molar-refractivity contribution is 5.94. The highest BCUT2D eigenvalue weighted by Gasteiger charge is 2.30. The van der Waals surface area contributed by atoms with Crippen LogP contribution in [0.25, 0.3) is 0 Å². The van der Waals surface area contributed by atoms with E-state index in [1.54, 1.807) is 24.3 Å². The lowest BCUT2D eigenvalue weighted by Gasteiger charge is -2.18. The predicted molar refractivity (Wildman–Crippen MR) is 110 cm³/mol.